The van der Waals surface area contributed by atoms with Crippen LogP contribution in [0.5, 0.6) is 0 Å². The van der Waals surface area contributed by atoms with Gasteiger partial charge in [0.15, 0.2) is 0 Å². The van der Waals surface area contributed by atoms with Gasteiger partial charge < -0.3 is 5.73 Å². The van der Waals surface area contributed by atoms with Crippen LogP contribution >= 0.6 is 0 Å². The third-order valence-electron chi connectivity index (χ3n) is 2.92. The lowest BCUT2D eigenvalue weighted by Crippen LogP contribution is -1.98. The van der Waals surface area contributed by atoms with Crippen molar-refractivity contribution in [2.24, 2.45) is 0 Å². The fourth-order valence-electron chi connectivity index (χ4n) is 2.07. The molecule has 0 amide bonds. The molecule has 0 unspecified atom stereocenters. The van der Waals surface area contributed by atoms with E-state index in [4.69, 9.17) is 5.73 Å². The maximum atomic E-state index is 5.79. The van der Waals surface area contributed by atoms with Crippen LogP contribution in [0.4, 0.5) is 5.95 Å². The number of hydrogen-bond donors (Lipinski definition) is 1. The molecule has 0 saturated heterocycles. The quantitative estimate of drug-likeness (QED) is 0.704. The standard InChI is InChI=1S/C15H13N3/c1-10-7-8-12-13(9-10)17-15(16)18-14(12)11-5-3-2-4-6-11/h2-9H,1H3,(H2,16,17,18). The average molecular weight is 235 g/mol. The minimum absolute atomic E-state index is 0.312. The number of fused-ring (bicyclic) bond motifs is 1. The van der Waals surface area contributed by atoms with Gasteiger partial charge in [0.05, 0.1) is 11.2 Å². The molecule has 0 aliphatic carbocycles. The zero-order valence-electron chi connectivity index (χ0n) is 10.1. The molecule has 0 bridgehead atoms. The van der Waals surface area contributed by atoms with Gasteiger partial charge in [0.1, 0.15) is 0 Å². The van der Waals surface area contributed by atoms with E-state index in [1.54, 1.807) is 0 Å². The highest BCUT2D eigenvalue weighted by atomic mass is 15.0. The summed E-state index contributed by atoms with van der Waals surface area (Å²) in [5, 5.41) is 1.03. The lowest BCUT2D eigenvalue weighted by atomic mass is 10.1. The minimum Gasteiger partial charge on any atom is -0.368 e. The average Bonchev–Trinajstić information content (AvgIpc) is 2.38. The normalized spacial score (nSPS) is 10.7. The Balaban J connectivity index is 2.35. The van der Waals surface area contributed by atoms with E-state index in [1.165, 1.54) is 5.56 Å². The molecule has 1 heterocycles. The summed E-state index contributed by atoms with van der Waals surface area (Å²) in [6.45, 7) is 2.04. The van der Waals surface area contributed by atoms with Crippen LogP contribution in [0, 0.1) is 6.92 Å². The Morgan fingerprint density at radius 3 is 2.50 bits per heavy atom. The lowest BCUT2D eigenvalue weighted by Gasteiger charge is -2.07. The first-order chi connectivity index (χ1) is 8.74. The molecule has 0 radical (unpaired) electrons. The van der Waals surface area contributed by atoms with Crippen LogP contribution in [-0.2, 0) is 0 Å². The molecule has 88 valence electrons. The van der Waals surface area contributed by atoms with Crippen molar-refractivity contribution in [2.45, 2.75) is 6.92 Å². The van der Waals surface area contributed by atoms with Gasteiger partial charge in [0, 0.05) is 10.9 Å². The fraction of sp³-hybridized carbons (Fsp3) is 0.0667. The van der Waals surface area contributed by atoms with Crippen molar-refractivity contribution in [3.05, 3.63) is 54.1 Å². The highest BCUT2D eigenvalue weighted by Crippen LogP contribution is 2.26. The maximum absolute atomic E-state index is 5.79. The molecule has 0 atom stereocenters. The van der Waals surface area contributed by atoms with E-state index in [0.29, 0.717) is 5.95 Å². The zero-order chi connectivity index (χ0) is 12.5. The van der Waals surface area contributed by atoms with Gasteiger partial charge in [-0.15, -0.1) is 0 Å². The molecule has 1 aromatic heterocycles. The van der Waals surface area contributed by atoms with E-state index in [-0.39, 0.29) is 0 Å². The molecular weight excluding hydrogens is 222 g/mol. The molecule has 2 aromatic carbocycles. The molecule has 3 heteroatoms. The summed E-state index contributed by atoms with van der Waals surface area (Å²) in [6.07, 6.45) is 0. The van der Waals surface area contributed by atoms with Crippen LogP contribution in [0.3, 0.4) is 0 Å². The third kappa shape index (κ3) is 1.80. The number of nitrogens with zero attached hydrogens (tertiary/aromatic N) is 2. The Labute approximate surface area is 105 Å². The fourth-order valence-corrected chi connectivity index (χ4v) is 2.07. The minimum atomic E-state index is 0.312. The Hall–Kier alpha value is -2.42. The molecule has 0 saturated carbocycles. The molecule has 3 rings (SSSR count). The smallest absolute Gasteiger partial charge is 0.221 e. The summed E-state index contributed by atoms with van der Waals surface area (Å²) in [5.41, 5.74) is 9.79. The highest BCUT2D eigenvalue weighted by Gasteiger charge is 2.08. The number of rotatable bonds is 1. The van der Waals surface area contributed by atoms with Crippen LogP contribution in [0.25, 0.3) is 22.2 Å². The number of nitrogens with two attached hydrogens (primary N) is 1. The molecule has 3 aromatic rings. The van der Waals surface area contributed by atoms with Gasteiger partial charge in [-0.3, -0.25) is 0 Å². The van der Waals surface area contributed by atoms with Gasteiger partial charge in [-0.2, -0.15) is 0 Å². The van der Waals surface area contributed by atoms with Gasteiger partial charge in [-0.05, 0) is 18.6 Å². The monoisotopic (exact) mass is 235 g/mol. The second-order valence-electron chi connectivity index (χ2n) is 4.32. The highest BCUT2D eigenvalue weighted by molar-refractivity contribution is 5.93. The van der Waals surface area contributed by atoms with E-state index >= 15 is 0 Å². The van der Waals surface area contributed by atoms with Crippen molar-refractivity contribution in [3.63, 3.8) is 0 Å². The second kappa shape index (κ2) is 4.11. The Kier molecular flexibility index (Phi) is 2.45. The van der Waals surface area contributed by atoms with Crippen LogP contribution in [-0.4, -0.2) is 9.97 Å². The van der Waals surface area contributed by atoms with Gasteiger partial charge in [-0.25, -0.2) is 9.97 Å². The molecule has 2 N–H and O–H groups in total. The topological polar surface area (TPSA) is 51.8 Å². The van der Waals surface area contributed by atoms with Crippen molar-refractivity contribution in [2.75, 3.05) is 5.73 Å². The van der Waals surface area contributed by atoms with Gasteiger partial charge in [-0.1, -0.05) is 42.5 Å². The predicted octanol–water partition coefficient (Wildman–Crippen LogP) is 3.19. The molecule has 0 aliphatic heterocycles. The summed E-state index contributed by atoms with van der Waals surface area (Å²) in [4.78, 5) is 8.66. The molecular formula is C15H13N3. The molecule has 0 aliphatic rings. The number of aryl methyl sites for hydroxylation is 1. The second-order valence-corrected chi connectivity index (χ2v) is 4.32. The van der Waals surface area contributed by atoms with Crippen LogP contribution < -0.4 is 5.73 Å². The molecule has 3 nitrogen and oxygen atoms in total. The first kappa shape index (κ1) is 10.7. The van der Waals surface area contributed by atoms with Crippen molar-refractivity contribution >= 4 is 16.9 Å². The number of anilines is 1. The Morgan fingerprint density at radius 1 is 0.944 bits per heavy atom. The number of nitrogen functional groups attached to an aromatic ring is 1. The van der Waals surface area contributed by atoms with Crippen molar-refractivity contribution in [1.82, 2.24) is 9.97 Å². The maximum Gasteiger partial charge on any atom is 0.221 e. The van der Waals surface area contributed by atoms with Gasteiger partial charge >= 0.3 is 0 Å². The van der Waals surface area contributed by atoms with Crippen molar-refractivity contribution in [3.8, 4) is 11.3 Å². The van der Waals surface area contributed by atoms with E-state index < -0.39 is 0 Å². The van der Waals surface area contributed by atoms with Crippen LogP contribution in [0.15, 0.2) is 48.5 Å². The van der Waals surface area contributed by atoms with E-state index in [0.717, 1.165) is 22.2 Å². The van der Waals surface area contributed by atoms with Crippen molar-refractivity contribution in [1.29, 1.82) is 0 Å². The lowest BCUT2D eigenvalue weighted by molar-refractivity contribution is 1.24. The summed E-state index contributed by atoms with van der Waals surface area (Å²) < 4.78 is 0. The van der Waals surface area contributed by atoms with E-state index in [1.807, 2.05) is 49.4 Å². The van der Waals surface area contributed by atoms with E-state index in [9.17, 15) is 0 Å². The van der Waals surface area contributed by atoms with Gasteiger partial charge in [0.2, 0.25) is 5.95 Å². The Bertz CT molecular complexity index is 700. The summed E-state index contributed by atoms with van der Waals surface area (Å²) in [6, 6.07) is 16.2. The SMILES string of the molecule is Cc1ccc2c(-c3ccccc3)nc(N)nc2c1. The molecule has 0 spiro atoms. The zero-order valence-corrected chi connectivity index (χ0v) is 10.1. The number of aromatic nitrogens is 2. The summed E-state index contributed by atoms with van der Waals surface area (Å²) >= 11 is 0. The Morgan fingerprint density at radius 2 is 1.72 bits per heavy atom. The summed E-state index contributed by atoms with van der Waals surface area (Å²) in [7, 11) is 0. The molecule has 18 heavy (non-hydrogen) atoms. The number of hydrogen-bond acceptors (Lipinski definition) is 3. The molecule has 0 fully saturated rings. The predicted molar refractivity (Wildman–Crippen MR) is 74.1 cm³/mol. The van der Waals surface area contributed by atoms with Crippen LogP contribution in [0.1, 0.15) is 5.56 Å². The van der Waals surface area contributed by atoms with Gasteiger partial charge in [0.25, 0.3) is 0 Å². The largest absolute Gasteiger partial charge is 0.368 e. The first-order valence-electron chi connectivity index (χ1n) is 5.83. The van der Waals surface area contributed by atoms with E-state index in [2.05, 4.69) is 16.0 Å². The summed E-state index contributed by atoms with van der Waals surface area (Å²) in [5.74, 6) is 0.312. The first-order valence-corrected chi connectivity index (χ1v) is 5.83. The van der Waals surface area contributed by atoms with Crippen LogP contribution in [0.2, 0.25) is 0 Å². The number of benzene rings is 2. The van der Waals surface area contributed by atoms with Crippen molar-refractivity contribution < 1.29 is 0 Å². The third-order valence-corrected chi connectivity index (χ3v) is 2.92.